The van der Waals surface area contributed by atoms with Gasteiger partial charge in [-0.3, -0.25) is 0 Å². The van der Waals surface area contributed by atoms with Gasteiger partial charge in [0, 0.05) is 34.7 Å². The molecule has 2 aliphatic heterocycles. The van der Waals surface area contributed by atoms with E-state index in [0.29, 0.717) is 11.8 Å². The lowest BCUT2D eigenvalue weighted by atomic mass is 9.29. The molecule has 0 amide bonds. The quantitative estimate of drug-likeness (QED) is 0.604. The number of ether oxygens (including phenoxy) is 1. The molecule has 168 valence electrons. The van der Waals surface area contributed by atoms with Gasteiger partial charge in [0.2, 0.25) is 0 Å². The summed E-state index contributed by atoms with van der Waals surface area (Å²) in [4.78, 5) is 2.12. The van der Waals surface area contributed by atoms with Crippen LogP contribution in [0.5, 0.6) is 0 Å². The molecule has 6 fully saturated rings. The SMILES string of the molecule is CC1=C2OC3C4(C)CCC5(CC4C(C)(O)C(C)(C)C)[C@H]4CC(C=C1)C2[C@@]35CCN4C#N. The Kier molecular flexibility index (Phi) is 3.60. The number of nitrogens with zero attached hydrogens (tertiary/aromatic N) is 2. The Labute approximate surface area is 187 Å². The van der Waals surface area contributed by atoms with E-state index in [1.807, 2.05) is 0 Å². The monoisotopic (exact) mass is 422 g/mol. The number of aliphatic hydroxyl groups is 1. The van der Waals surface area contributed by atoms with Crippen LogP contribution in [0.1, 0.15) is 73.6 Å². The van der Waals surface area contributed by atoms with Gasteiger partial charge in [0.25, 0.3) is 0 Å². The molecule has 5 aliphatic carbocycles. The van der Waals surface area contributed by atoms with Gasteiger partial charge in [0.05, 0.1) is 5.60 Å². The minimum atomic E-state index is -0.793. The van der Waals surface area contributed by atoms with Crippen LogP contribution in [0.4, 0.5) is 0 Å². The second-order valence-corrected chi connectivity index (χ2v) is 13.2. The number of rotatable bonds is 1. The molecular weight excluding hydrogens is 384 g/mol. The normalized spacial score (nSPS) is 51.2. The third-order valence-corrected chi connectivity index (χ3v) is 11.6. The van der Waals surface area contributed by atoms with Crippen LogP contribution in [0.15, 0.2) is 23.5 Å². The minimum absolute atomic E-state index is 0.0512. The maximum atomic E-state index is 12.0. The summed E-state index contributed by atoms with van der Waals surface area (Å²) in [6.07, 6.45) is 12.8. The predicted octanol–water partition coefficient (Wildman–Crippen LogP) is 5.01. The first-order valence-electron chi connectivity index (χ1n) is 12.4. The molecule has 0 aromatic rings. The van der Waals surface area contributed by atoms with Gasteiger partial charge in [-0.15, -0.1) is 0 Å². The summed E-state index contributed by atoms with van der Waals surface area (Å²) in [5.74, 6) is 2.34. The molecule has 4 bridgehead atoms. The number of allylic oxidation sites excluding steroid dienone is 4. The van der Waals surface area contributed by atoms with Crippen LogP contribution in [0, 0.1) is 50.9 Å². The van der Waals surface area contributed by atoms with Crippen LogP contribution in [-0.4, -0.2) is 34.3 Å². The van der Waals surface area contributed by atoms with Crippen molar-refractivity contribution in [2.75, 3.05) is 6.54 Å². The Bertz CT molecular complexity index is 951. The van der Waals surface area contributed by atoms with Gasteiger partial charge >= 0.3 is 0 Å². The lowest BCUT2D eigenvalue weighted by Gasteiger charge is -2.76. The number of fused-ring (bicyclic) bond motifs is 2. The minimum Gasteiger partial charge on any atom is -0.493 e. The molecule has 0 aromatic carbocycles. The molecule has 2 saturated heterocycles. The highest BCUT2D eigenvalue weighted by Gasteiger charge is 2.83. The van der Waals surface area contributed by atoms with E-state index in [4.69, 9.17) is 4.74 Å². The Morgan fingerprint density at radius 1 is 1.23 bits per heavy atom. The zero-order valence-electron chi connectivity index (χ0n) is 20.0. The summed E-state index contributed by atoms with van der Waals surface area (Å²) >= 11 is 0. The van der Waals surface area contributed by atoms with Crippen LogP contribution >= 0.6 is 0 Å². The van der Waals surface area contributed by atoms with E-state index in [0.717, 1.165) is 32.2 Å². The topological polar surface area (TPSA) is 56.5 Å². The molecule has 9 atom stereocenters. The van der Waals surface area contributed by atoms with E-state index in [1.54, 1.807) is 0 Å². The zero-order valence-corrected chi connectivity index (χ0v) is 20.0. The van der Waals surface area contributed by atoms with Crippen LogP contribution in [0.25, 0.3) is 0 Å². The summed E-state index contributed by atoms with van der Waals surface area (Å²) in [7, 11) is 0. The Morgan fingerprint density at radius 2 is 1.97 bits per heavy atom. The van der Waals surface area contributed by atoms with Gasteiger partial charge in [-0.25, -0.2) is 0 Å². The smallest absolute Gasteiger partial charge is 0.179 e. The average molecular weight is 423 g/mol. The zero-order chi connectivity index (χ0) is 22.2. The lowest BCUT2D eigenvalue weighted by Crippen LogP contribution is -2.79. The molecule has 0 aromatic heterocycles. The van der Waals surface area contributed by atoms with Crippen molar-refractivity contribution in [2.45, 2.75) is 91.4 Å². The molecule has 4 heteroatoms. The highest BCUT2D eigenvalue weighted by Crippen LogP contribution is 2.82. The molecule has 7 rings (SSSR count). The molecule has 2 heterocycles. The Hall–Kier alpha value is -1.47. The highest BCUT2D eigenvalue weighted by molar-refractivity contribution is 5.42. The van der Waals surface area contributed by atoms with Crippen molar-refractivity contribution in [2.24, 2.45) is 39.4 Å². The van der Waals surface area contributed by atoms with Crippen LogP contribution in [0.3, 0.4) is 0 Å². The van der Waals surface area contributed by atoms with Crippen LogP contribution < -0.4 is 0 Å². The van der Waals surface area contributed by atoms with E-state index in [-0.39, 0.29) is 39.7 Å². The third-order valence-electron chi connectivity index (χ3n) is 11.6. The van der Waals surface area contributed by atoms with Gasteiger partial charge in [-0.05, 0) is 68.8 Å². The number of likely N-dealkylation sites (tertiary alicyclic amines) is 1. The average Bonchev–Trinajstić information content (AvgIpc) is 3.06. The Balaban J connectivity index is 1.61. The number of piperidine rings is 1. The van der Waals surface area contributed by atoms with Crippen molar-refractivity contribution in [1.82, 2.24) is 4.90 Å². The summed E-state index contributed by atoms with van der Waals surface area (Å²) < 4.78 is 7.09. The molecule has 1 N–H and O–H groups in total. The molecule has 0 radical (unpaired) electrons. The lowest BCUT2D eigenvalue weighted by molar-refractivity contribution is -0.314. The predicted molar refractivity (Wildman–Crippen MR) is 119 cm³/mol. The van der Waals surface area contributed by atoms with Crippen molar-refractivity contribution >= 4 is 0 Å². The molecule has 7 unspecified atom stereocenters. The van der Waals surface area contributed by atoms with Crippen molar-refractivity contribution in [1.29, 1.82) is 5.26 Å². The number of hydrogen-bond acceptors (Lipinski definition) is 4. The Morgan fingerprint density at radius 3 is 2.65 bits per heavy atom. The van der Waals surface area contributed by atoms with Gasteiger partial charge in [-0.1, -0.05) is 39.8 Å². The molecule has 2 spiro atoms. The van der Waals surface area contributed by atoms with Crippen molar-refractivity contribution in [3.05, 3.63) is 23.5 Å². The molecule has 31 heavy (non-hydrogen) atoms. The molecule has 7 aliphatic rings. The summed E-state index contributed by atoms with van der Waals surface area (Å²) in [5, 5.41) is 22.1. The largest absolute Gasteiger partial charge is 0.493 e. The van der Waals surface area contributed by atoms with Crippen molar-refractivity contribution < 1.29 is 9.84 Å². The molecule has 4 saturated carbocycles. The van der Waals surface area contributed by atoms with E-state index >= 15 is 0 Å². The van der Waals surface area contributed by atoms with Gasteiger partial charge in [0.15, 0.2) is 6.19 Å². The fourth-order valence-electron chi connectivity index (χ4n) is 9.69. The van der Waals surface area contributed by atoms with E-state index in [2.05, 4.69) is 64.8 Å². The maximum absolute atomic E-state index is 12.0. The second-order valence-electron chi connectivity index (χ2n) is 13.2. The van der Waals surface area contributed by atoms with E-state index in [9.17, 15) is 10.4 Å². The first kappa shape index (κ1) is 20.2. The van der Waals surface area contributed by atoms with Gasteiger partial charge in [0.1, 0.15) is 11.9 Å². The fourth-order valence-corrected chi connectivity index (χ4v) is 9.69. The summed E-state index contributed by atoms with van der Waals surface area (Å²) in [6.45, 7) is 14.1. The van der Waals surface area contributed by atoms with Gasteiger partial charge in [-0.2, -0.15) is 5.26 Å². The standard InChI is InChI=1S/C27H38N2O2/c1-16-7-8-17-13-19-26-10-9-24(5,18(14-26)25(6,30)23(2,3)4)22-27(26,11-12-29(19)15-28)20(17)21(16)31-22/h7-8,17-20,22,30H,9-14H2,1-6H3/t17?,18?,19-,20?,22?,24?,25?,26?,27+/m1/s1. The van der Waals surface area contributed by atoms with E-state index < -0.39 is 5.60 Å². The highest BCUT2D eigenvalue weighted by atomic mass is 16.5. The number of nitriles is 1. The van der Waals surface area contributed by atoms with Gasteiger partial charge < -0.3 is 14.7 Å². The third kappa shape index (κ3) is 1.95. The first-order valence-corrected chi connectivity index (χ1v) is 12.4. The first-order chi connectivity index (χ1) is 14.4. The molecular formula is C27H38N2O2. The van der Waals surface area contributed by atoms with Crippen molar-refractivity contribution in [3.8, 4) is 6.19 Å². The number of hydrogen-bond donors (Lipinski definition) is 1. The van der Waals surface area contributed by atoms with E-state index in [1.165, 1.54) is 17.8 Å². The fraction of sp³-hybridized carbons (Fsp3) is 0.815. The summed E-state index contributed by atoms with van der Waals surface area (Å²) in [6, 6.07) is 0.268. The van der Waals surface area contributed by atoms with Crippen LogP contribution in [0.2, 0.25) is 0 Å². The summed E-state index contributed by atoms with van der Waals surface area (Å²) in [5.41, 5.74) is 0.390. The maximum Gasteiger partial charge on any atom is 0.179 e. The van der Waals surface area contributed by atoms with Crippen LogP contribution in [-0.2, 0) is 4.74 Å². The van der Waals surface area contributed by atoms with Crippen molar-refractivity contribution in [3.63, 3.8) is 0 Å². The molecule has 4 nitrogen and oxygen atoms in total. The second kappa shape index (κ2) is 5.53.